The highest BCUT2D eigenvalue weighted by Crippen LogP contribution is 2.40. The van der Waals surface area contributed by atoms with E-state index in [9.17, 15) is 4.79 Å². The molecule has 0 bridgehead atoms. The molecule has 1 spiro atoms. The Balaban J connectivity index is 1.32. The van der Waals surface area contributed by atoms with E-state index in [1.807, 2.05) is 36.7 Å². The van der Waals surface area contributed by atoms with Gasteiger partial charge in [-0.3, -0.25) is 9.69 Å². The van der Waals surface area contributed by atoms with E-state index in [-0.39, 0.29) is 5.91 Å². The fourth-order valence-electron chi connectivity index (χ4n) is 4.83. The van der Waals surface area contributed by atoms with Crippen molar-refractivity contribution < 1.29 is 9.53 Å². The quantitative estimate of drug-likeness (QED) is 0.794. The molecule has 2 fully saturated rings. The van der Waals surface area contributed by atoms with Gasteiger partial charge in [-0.2, -0.15) is 0 Å². The zero-order valence-corrected chi connectivity index (χ0v) is 16.5. The second-order valence-corrected chi connectivity index (χ2v) is 8.27. The first-order valence-corrected chi connectivity index (χ1v) is 10.3. The van der Waals surface area contributed by atoms with Crippen LogP contribution in [0, 0.1) is 0 Å². The smallest absolute Gasteiger partial charge is 0.253 e. The van der Waals surface area contributed by atoms with Crippen LogP contribution in [0.15, 0.2) is 24.8 Å². The summed E-state index contributed by atoms with van der Waals surface area (Å²) in [4.78, 5) is 26.5. The molecule has 0 aliphatic carbocycles. The lowest BCUT2D eigenvalue weighted by Gasteiger charge is -2.46. The molecule has 2 aromatic rings. The standard InChI is InChI=1S/C20H28N6O2/c1-23-12-6-21-17(23)15-24-10-4-20(5-11-24)19-22-7-13-26(19)14-16(28-20)18(27)25-8-2-3-9-25/h6-7,12-13,16H,2-5,8-11,14-15H2,1H3. The molecule has 1 amide bonds. The Labute approximate surface area is 165 Å². The monoisotopic (exact) mass is 384 g/mol. The molecule has 5 rings (SSSR count). The number of carbonyl (C=O) groups is 1. The molecule has 1 atom stereocenters. The first-order chi connectivity index (χ1) is 13.6. The molecular formula is C20H28N6O2. The molecule has 5 heterocycles. The van der Waals surface area contributed by atoms with Gasteiger partial charge >= 0.3 is 0 Å². The van der Waals surface area contributed by atoms with Crippen molar-refractivity contribution in [1.29, 1.82) is 0 Å². The van der Waals surface area contributed by atoms with Crippen LogP contribution in [-0.4, -0.2) is 67.1 Å². The third-order valence-electron chi connectivity index (χ3n) is 6.50. The van der Waals surface area contributed by atoms with Crippen LogP contribution in [0.25, 0.3) is 0 Å². The third kappa shape index (κ3) is 3.04. The van der Waals surface area contributed by atoms with Crippen LogP contribution in [0.4, 0.5) is 0 Å². The Kier molecular flexibility index (Phi) is 4.47. The van der Waals surface area contributed by atoms with Crippen molar-refractivity contribution in [3.05, 3.63) is 36.4 Å². The predicted molar refractivity (Wildman–Crippen MR) is 102 cm³/mol. The first kappa shape index (κ1) is 17.9. The highest BCUT2D eigenvalue weighted by molar-refractivity contribution is 5.81. The van der Waals surface area contributed by atoms with Gasteiger partial charge in [-0.1, -0.05) is 0 Å². The van der Waals surface area contributed by atoms with Crippen molar-refractivity contribution in [3.8, 4) is 0 Å². The molecular weight excluding hydrogens is 356 g/mol. The highest BCUT2D eigenvalue weighted by Gasteiger charge is 2.47. The summed E-state index contributed by atoms with van der Waals surface area (Å²) in [6.07, 6.45) is 11.1. The number of ether oxygens (including phenoxy) is 1. The maximum Gasteiger partial charge on any atom is 0.253 e. The Hall–Kier alpha value is -2.19. The number of piperidine rings is 1. The minimum absolute atomic E-state index is 0.145. The lowest BCUT2D eigenvalue weighted by molar-refractivity contribution is -0.180. The predicted octanol–water partition coefficient (Wildman–Crippen LogP) is 1.13. The number of hydrogen-bond acceptors (Lipinski definition) is 5. The Morgan fingerprint density at radius 3 is 2.61 bits per heavy atom. The van der Waals surface area contributed by atoms with E-state index in [2.05, 4.69) is 24.0 Å². The van der Waals surface area contributed by atoms with Gasteiger partial charge in [0.2, 0.25) is 0 Å². The van der Waals surface area contributed by atoms with Crippen molar-refractivity contribution in [2.45, 2.75) is 50.5 Å². The molecule has 8 heteroatoms. The maximum atomic E-state index is 13.0. The van der Waals surface area contributed by atoms with E-state index in [0.717, 1.165) is 70.1 Å². The number of aryl methyl sites for hydroxylation is 1. The number of amides is 1. The number of fused-ring (bicyclic) bond motifs is 2. The van der Waals surface area contributed by atoms with Gasteiger partial charge in [0.15, 0.2) is 6.10 Å². The summed E-state index contributed by atoms with van der Waals surface area (Å²) in [5, 5.41) is 0. The summed E-state index contributed by atoms with van der Waals surface area (Å²) in [5.41, 5.74) is -0.458. The SMILES string of the molecule is Cn1ccnc1CN1CCC2(CC1)OC(C(=O)N1CCCC1)Cn1ccnc12. The second-order valence-electron chi connectivity index (χ2n) is 8.27. The molecule has 8 nitrogen and oxygen atoms in total. The van der Waals surface area contributed by atoms with Gasteiger partial charge in [0.05, 0.1) is 13.1 Å². The van der Waals surface area contributed by atoms with E-state index in [1.54, 1.807) is 0 Å². The number of carbonyl (C=O) groups excluding carboxylic acids is 1. The molecule has 3 aliphatic heterocycles. The summed E-state index contributed by atoms with van der Waals surface area (Å²) < 4.78 is 10.8. The van der Waals surface area contributed by atoms with Gasteiger partial charge in [0.25, 0.3) is 5.91 Å². The summed E-state index contributed by atoms with van der Waals surface area (Å²) in [6, 6.07) is 0. The van der Waals surface area contributed by atoms with Crippen LogP contribution in [0.3, 0.4) is 0 Å². The van der Waals surface area contributed by atoms with E-state index in [0.29, 0.717) is 6.54 Å². The Morgan fingerprint density at radius 1 is 1.14 bits per heavy atom. The van der Waals surface area contributed by atoms with Crippen molar-refractivity contribution in [1.82, 2.24) is 28.9 Å². The molecule has 3 aliphatic rings. The minimum atomic E-state index is -0.458. The average molecular weight is 384 g/mol. The molecule has 0 aromatic carbocycles. The molecule has 2 aromatic heterocycles. The van der Waals surface area contributed by atoms with Crippen LogP contribution < -0.4 is 0 Å². The molecule has 2 saturated heterocycles. The first-order valence-electron chi connectivity index (χ1n) is 10.3. The number of imidazole rings is 2. The van der Waals surface area contributed by atoms with Crippen molar-refractivity contribution in [2.24, 2.45) is 7.05 Å². The normalized spacial score (nSPS) is 24.6. The number of rotatable bonds is 3. The van der Waals surface area contributed by atoms with E-state index in [1.165, 1.54) is 0 Å². The lowest BCUT2D eigenvalue weighted by Crippen LogP contribution is -2.54. The van der Waals surface area contributed by atoms with Crippen molar-refractivity contribution >= 4 is 5.91 Å². The van der Waals surface area contributed by atoms with E-state index < -0.39 is 11.7 Å². The van der Waals surface area contributed by atoms with Crippen LogP contribution in [0.1, 0.15) is 37.3 Å². The minimum Gasteiger partial charge on any atom is -0.352 e. The maximum absolute atomic E-state index is 13.0. The van der Waals surface area contributed by atoms with Gasteiger partial charge < -0.3 is 18.8 Å². The Bertz CT molecular complexity index is 845. The summed E-state index contributed by atoms with van der Waals surface area (Å²) in [7, 11) is 2.03. The number of hydrogen-bond donors (Lipinski definition) is 0. The van der Waals surface area contributed by atoms with Crippen LogP contribution in [-0.2, 0) is 35.3 Å². The van der Waals surface area contributed by atoms with Gasteiger partial charge in [0, 0.05) is 58.0 Å². The second kappa shape index (κ2) is 7.00. The van der Waals surface area contributed by atoms with Crippen LogP contribution in [0.2, 0.25) is 0 Å². The highest BCUT2D eigenvalue weighted by atomic mass is 16.5. The fraction of sp³-hybridized carbons (Fsp3) is 0.650. The largest absolute Gasteiger partial charge is 0.352 e. The van der Waals surface area contributed by atoms with Crippen LogP contribution in [0.5, 0.6) is 0 Å². The third-order valence-corrected chi connectivity index (χ3v) is 6.50. The number of aromatic nitrogens is 4. The summed E-state index contributed by atoms with van der Waals surface area (Å²) >= 11 is 0. The van der Waals surface area contributed by atoms with Gasteiger partial charge in [-0.15, -0.1) is 0 Å². The average Bonchev–Trinajstić information content (AvgIpc) is 3.46. The molecule has 0 radical (unpaired) electrons. The molecule has 150 valence electrons. The molecule has 1 unspecified atom stereocenters. The molecule has 28 heavy (non-hydrogen) atoms. The lowest BCUT2D eigenvalue weighted by atomic mass is 9.88. The Morgan fingerprint density at radius 2 is 1.89 bits per heavy atom. The van der Waals surface area contributed by atoms with E-state index in [4.69, 9.17) is 4.74 Å². The number of likely N-dealkylation sites (tertiary alicyclic amines) is 2. The molecule has 0 N–H and O–H groups in total. The fourth-order valence-corrected chi connectivity index (χ4v) is 4.83. The van der Waals surface area contributed by atoms with Gasteiger partial charge in [-0.05, 0) is 25.7 Å². The van der Waals surface area contributed by atoms with Gasteiger partial charge in [-0.25, -0.2) is 9.97 Å². The molecule has 0 saturated carbocycles. The van der Waals surface area contributed by atoms with Crippen molar-refractivity contribution in [2.75, 3.05) is 26.2 Å². The number of nitrogens with zero attached hydrogens (tertiary/aromatic N) is 6. The van der Waals surface area contributed by atoms with Crippen LogP contribution >= 0.6 is 0 Å². The topological polar surface area (TPSA) is 68.4 Å². The zero-order chi connectivity index (χ0) is 19.1. The summed E-state index contributed by atoms with van der Waals surface area (Å²) in [5.74, 6) is 2.20. The summed E-state index contributed by atoms with van der Waals surface area (Å²) in [6.45, 7) is 4.95. The zero-order valence-electron chi connectivity index (χ0n) is 16.5. The van der Waals surface area contributed by atoms with Crippen molar-refractivity contribution in [3.63, 3.8) is 0 Å². The van der Waals surface area contributed by atoms with E-state index >= 15 is 0 Å². The van der Waals surface area contributed by atoms with Gasteiger partial charge in [0.1, 0.15) is 17.2 Å².